The van der Waals surface area contributed by atoms with Gasteiger partial charge in [-0.25, -0.2) is 0 Å². The van der Waals surface area contributed by atoms with Crippen molar-refractivity contribution >= 4 is 45.1 Å². The Morgan fingerprint density at radius 2 is 2.23 bits per heavy atom. The van der Waals surface area contributed by atoms with E-state index in [1.54, 1.807) is 6.07 Å². The average Bonchev–Trinajstić information content (AvgIpc) is 2.50. The van der Waals surface area contributed by atoms with Crippen molar-refractivity contribution in [2.45, 2.75) is 0 Å². The summed E-state index contributed by atoms with van der Waals surface area (Å²) in [6.45, 7) is 0. The van der Waals surface area contributed by atoms with Gasteiger partial charge in [-0.3, -0.25) is 0 Å². The number of aromatic amines is 1. The Hall–Kier alpha value is -0.730. The van der Waals surface area contributed by atoms with E-state index in [1.807, 2.05) is 18.3 Å². The number of nitrogens with one attached hydrogen (secondary N) is 1. The van der Waals surface area contributed by atoms with Crippen LogP contribution in [0.25, 0.3) is 10.9 Å². The van der Waals surface area contributed by atoms with Gasteiger partial charge >= 0.3 is 0 Å². The summed E-state index contributed by atoms with van der Waals surface area (Å²) < 4.78 is 1.11. The molecule has 13 heavy (non-hydrogen) atoms. The van der Waals surface area contributed by atoms with Crippen LogP contribution in [0.1, 0.15) is 5.56 Å². The molecule has 2 aromatic rings. The van der Waals surface area contributed by atoms with Crippen LogP contribution in [0.4, 0.5) is 0 Å². The fourth-order valence-corrected chi connectivity index (χ4v) is 2.08. The summed E-state index contributed by atoms with van der Waals surface area (Å²) >= 11 is 8.22. The number of nitriles is 1. The molecule has 4 heteroatoms. The van der Waals surface area contributed by atoms with Gasteiger partial charge in [0, 0.05) is 15.2 Å². The Morgan fingerprint density at radius 3 is 2.92 bits per heavy atom. The van der Waals surface area contributed by atoms with Crippen molar-refractivity contribution in [3.8, 4) is 6.07 Å². The molecule has 0 radical (unpaired) electrons. The van der Waals surface area contributed by atoms with Gasteiger partial charge in [-0.15, -0.1) is 0 Å². The molecule has 2 rings (SSSR count). The van der Waals surface area contributed by atoms with Crippen molar-refractivity contribution < 1.29 is 0 Å². The number of rotatable bonds is 0. The molecule has 64 valence electrons. The molecule has 1 aromatic heterocycles. The summed E-state index contributed by atoms with van der Waals surface area (Å²) in [4.78, 5) is 3.04. The van der Waals surface area contributed by atoms with Crippen LogP contribution in [0, 0.1) is 14.9 Å². The molecule has 0 bridgehead atoms. The maximum atomic E-state index is 8.73. The van der Waals surface area contributed by atoms with Crippen molar-refractivity contribution in [1.29, 1.82) is 5.26 Å². The lowest BCUT2D eigenvalue weighted by Crippen LogP contribution is -1.78. The van der Waals surface area contributed by atoms with Gasteiger partial charge < -0.3 is 4.98 Å². The van der Waals surface area contributed by atoms with Crippen LogP contribution in [0.3, 0.4) is 0 Å². The zero-order chi connectivity index (χ0) is 9.42. The van der Waals surface area contributed by atoms with Crippen LogP contribution in [0.5, 0.6) is 0 Å². The number of aromatic nitrogens is 1. The van der Waals surface area contributed by atoms with Crippen molar-refractivity contribution in [1.82, 2.24) is 4.98 Å². The Labute approximate surface area is 93.6 Å². The second kappa shape index (κ2) is 3.20. The quantitative estimate of drug-likeness (QED) is 0.745. The van der Waals surface area contributed by atoms with Crippen LogP contribution in [0.15, 0.2) is 18.3 Å². The molecule has 1 heterocycles. The third-order valence-corrected chi connectivity index (χ3v) is 3.15. The van der Waals surface area contributed by atoms with Crippen LogP contribution < -0.4 is 0 Å². The molecule has 0 spiro atoms. The molecule has 0 aliphatic rings. The lowest BCUT2D eigenvalue weighted by molar-refractivity contribution is 1.45. The maximum absolute atomic E-state index is 8.73. The highest BCUT2D eigenvalue weighted by atomic mass is 127. The predicted molar refractivity (Wildman–Crippen MR) is 60.7 cm³/mol. The van der Waals surface area contributed by atoms with Crippen LogP contribution in [-0.2, 0) is 0 Å². The molecule has 1 N–H and O–H groups in total. The van der Waals surface area contributed by atoms with Gasteiger partial charge in [0.15, 0.2) is 0 Å². The molecule has 0 amide bonds. The van der Waals surface area contributed by atoms with Gasteiger partial charge in [0.25, 0.3) is 0 Å². The first kappa shape index (κ1) is 8.85. The van der Waals surface area contributed by atoms with Gasteiger partial charge in [-0.1, -0.05) is 17.7 Å². The first-order valence-corrected chi connectivity index (χ1v) is 5.05. The molecular weight excluding hydrogens is 298 g/mol. The molecule has 0 fully saturated rings. The highest BCUT2D eigenvalue weighted by Crippen LogP contribution is 2.28. The Bertz CT molecular complexity index is 510. The molecule has 1 aromatic carbocycles. The number of nitrogens with zero attached hydrogens (tertiary/aromatic N) is 1. The SMILES string of the molecule is N#Cc1ccc2c(I)c[nH]c2c1Cl. The lowest BCUT2D eigenvalue weighted by Gasteiger charge is -1.96. The summed E-state index contributed by atoms with van der Waals surface area (Å²) in [6.07, 6.45) is 1.87. The number of hydrogen-bond acceptors (Lipinski definition) is 1. The smallest absolute Gasteiger partial charge is 0.101 e. The second-order valence-electron chi connectivity index (χ2n) is 2.60. The van der Waals surface area contributed by atoms with Crippen molar-refractivity contribution in [2.75, 3.05) is 0 Å². The van der Waals surface area contributed by atoms with E-state index in [0.717, 1.165) is 14.5 Å². The average molecular weight is 303 g/mol. The number of benzene rings is 1. The van der Waals surface area contributed by atoms with Gasteiger partial charge in [0.05, 0.1) is 16.1 Å². The topological polar surface area (TPSA) is 39.6 Å². The van der Waals surface area contributed by atoms with E-state index in [0.29, 0.717) is 10.6 Å². The monoisotopic (exact) mass is 302 g/mol. The van der Waals surface area contributed by atoms with Gasteiger partial charge in [-0.2, -0.15) is 5.26 Å². The molecule has 0 atom stereocenters. The zero-order valence-electron chi connectivity index (χ0n) is 6.44. The third-order valence-electron chi connectivity index (χ3n) is 1.86. The van der Waals surface area contributed by atoms with E-state index in [2.05, 4.69) is 27.6 Å². The first-order chi connectivity index (χ1) is 6.24. The minimum Gasteiger partial charge on any atom is -0.359 e. The highest BCUT2D eigenvalue weighted by molar-refractivity contribution is 14.1. The van der Waals surface area contributed by atoms with E-state index in [-0.39, 0.29) is 0 Å². The second-order valence-corrected chi connectivity index (χ2v) is 4.14. The maximum Gasteiger partial charge on any atom is 0.101 e. The molecule has 0 saturated carbocycles. The number of hydrogen-bond donors (Lipinski definition) is 1. The number of fused-ring (bicyclic) bond motifs is 1. The molecule has 0 unspecified atom stereocenters. The minimum absolute atomic E-state index is 0.503. The predicted octanol–water partition coefficient (Wildman–Crippen LogP) is 3.30. The molecular formula is C9H4ClIN2. The van der Waals surface area contributed by atoms with E-state index in [1.165, 1.54) is 0 Å². The molecule has 0 saturated heterocycles. The lowest BCUT2D eigenvalue weighted by atomic mass is 10.2. The minimum atomic E-state index is 0.503. The van der Waals surface area contributed by atoms with Crippen molar-refractivity contribution in [3.05, 3.63) is 32.5 Å². The first-order valence-electron chi connectivity index (χ1n) is 3.59. The zero-order valence-corrected chi connectivity index (χ0v) is 9.35. The summed E-state index contributed by atoms with van der Waals surface area (Å²) in [5.74, 6) is 0. The van der Waals surface area contributed by atoms with Crippen LogP contribution in [0.2, 0.25) is 5.02 Å². The Kier molecular flexibility index (Phi) is 2.18. The van der Waals surface area contributed by atoms with E-state index >= 15 is 0 Å². The molecule has 0 aliphatic carbocycles. The standard InChI is InChI=1S/C9H4ClIN2/c10-8-5(3-12)1-2-6-7(11)4-13-9(6)8/h1-2,4,13H. The van der Waals surface area contributed by atoms with E-state index in [9.17, 15) is 0 Å². The van der Waals surface area contributed by atoms with E-state index in [4.69, 9.17) is 16.9 Å². The van der Waals surface area contributed by atoms with Gasteiger partial charge in [-0.05, 0) is 28.7 Å². The van der Waals surface area contributed by atoms with Crippen LogP contribution >= 0.6 is 34.2 Å². The van der Waals surface area contributed by atoms with Crippen molar-refractivity contribution in [3.63, 3.8) is 0 Å². The summed E-state index contributed by atoms with van der Waals surface area (Å²) in [5.41, 5.74) is 1.34. The largest absolute Gasteiger partial charge is 0.359 e. The third kappa shape index (κ3) is 1.30. The summed E-state index contributed by atoms with van der Waals surface area (Å²) in [5, 5.41) is 10.3. The highest BCUT2D eigenvalue weighted by Gasteiger charge is 2.07. The Morgan fingerprint density at radius 1 is 1.46 bits per heavy atom. The van der Waals surface area contributed by atoms with Gasteiger partial charge in [0.2, 0.25) is 0 Å². The molecule has 0 aliphatic heterocycles. The van der Waals surface area contributed by atoms with Gasteiger partial charge in [0.1, 0.15) is 6.07 Å². The molecule has 2 nitrogen and oxygen atoms in total. The van der Waals surface area contributed by atoms with Crippen LogP contribution in [-0.4, -0.2) is 4.98 Å². The van der Waals surface area contributed by atoms with E-state index < -0.39 is 0 Å². The number of halogens is 2. The number of H-pyrrole nitrogens is 1. The normalized spacial score (nSPS) is 10.2. The Balaban J connectivity index is 2.90. The fourth-order valence-electron chi connectivity index (χ4n) is 1.22. The summed E-state index contributed by atoms with van der Waals surface area (Å²) in [6, 6.07) is 5.68. The summed E-state index contributed by atoms with van der Waals surface area (Å²) in [7, 11) is 0. The fraction of sp³-hybridized carbons (Fsp3) is 0. The van der Waals surface area contributed by atoms with Crippen molar-refractivity contribution in [2.24, 2.45) is 0 Å².